The molecule has 1 amide bonds. The Labute approximate surface area is 232 Å². The number of imidazole rings is 1. The largest absolute Gasteiger partial charge is 0.324 e. The van der Waals surface area contributed by atoms with Gasteiger partial charge in [-0.1, -0.05) is 66.2 Å². The Balaban J connectivity index is 1.28. The van der Waals surface area contributed by atoms with E-state index in [-0.39, 0.29) is 18.0 Å². The number of rotatable bonds is 4. The average molecular weight is 545 g/mol. The summed E-state index contributed by atoms with van der Waals surface area (Å²) >= 11 is 6.13. The summed E-state index contributed by atoms with van der Waals surface area (Å²) in [4.78, 5) is 30.8. The van der Waals surface area contributed by atoms with Crippen LogP contribution in [0.25, 0.3) is 49.5 Å². The summed E-state index contributed by atoms with van der Waals surface area (Å²) in [5, 5.41) is 16.1. The fourth-order valence-electron chi connectivity index (χ4n) is 5.12. The van der Waals surface area contributed by atoms with E-state index in [4.69, 9.17) is 21.7 Å². The summed E-state index contributed by atoms with van der Waals surface area (Å²) in [5.74, 6) is -0.363. The minimum absolute atomic E-state index is 0.209. The molecule has 7 rings (SSSR count). The molecule has 1 N–H and O–H groups in total. The summed E-state index contributed by atoms with van der Waals surface area (Å²) in [6, 6.07) is 28.3. The van der Waals surface area contributed by atoms with Crippen molar-refractivity contribution in [3.8, 4) is 11.3 Å². The van der Waals surface area contributed by atoms with E-state index in [0.717, 1.165) is 38.4 Å². The van der Waals surface area contributed by atoms with Crippen molar-refractivity contribution in [2.75, 3.05) is 5.32 Å². The predicted molar refractivity (Wildman–Crippen MR) is 158 cm³/mol. The predicted octanol–water partition coefficient (Wildman–Crippen LogP) is 6.01. The molecule has 3 aromatic heterocycles. The maximum atomic E-state index is 13.0. The molecular formula is C31H21ClN6O2. The Hall–Kier alpha value is -5.08. The van der Waals surface area contributed by atoms with Crippen LogP contribution in [0, 0.1) is 6.92 Å². The molecule has 40 heavy (non-hydrogen) atoms. The second-order valence-electron chi connectivity index (χ2n) is 9.59. The highest BCUT2D eigenvalue weighted by atomic mass is 35.5. The van der Waals surface area contributed by atoms with Gasteiger partial charge in [-0.15, -0.1) is 0 Å². The number of hydrogen-bond acceptors (Lipinski definition) is 5. The van der Waals surface area contributed by atoms with Crippen molar-refractivity contribution in [1.82, 2.24) is 24.4 Å². The number of amides is 1. The molecule has 0 spiro atoms. The molecule has 9 heteroatoms. The zero-order valence-electron chi connectivity index (χ0n) is 21.3. The van der Waals surface area contributed by atoms with Crippen molar-refractivity contribution in [2.24, 2.45) is 0 Å². The van der Waals surface area contributed by atoms with Gasteiger partial charge in [0.1, 0.15) is 6.54 Å². The molecule has 4 aromatic carbocycles. The molecular weight excluding hydrogens is 524 g/mol. The maximum Gasteiger partial charge on any atom is 0.275 e. The standard InChI is InChI=1S/C31H21ClN6O2/c1-18-22-6-2-5-9-25(22)31(40)37(35-18)17-28(39)33-21-14-15-26-27(16-21)38-30(34-26)24-8-4-3-7-23(24)29(36-38)19-10-12-20(32)13-11-19/h2-16H,17H2,1H3,(H,33,39). The van der Waals surface area contributed by atoms with Crippen molar-refractivity contribution < 1.29 is 4.79 Å². The Kier molecular flexibility index (Phi) is 5.57. The molecule has 0 atom stereocenters. The lowest BCUT2D eigenvalue weighted by Gasteiger charge is -2.10. The van der Waals surface area contributed by atoms with Gasteiger partial charge in [0.15, 0.2) is 5.65 Å². The van der Waals surface area contributed by atoms with Gasteiger partial charge in [0.25, 0.3) is 5.56 Å². The van der Waals surface area contributed by atoms with E-state index in [9.17, 15) is 9.59 Å². The van der Waals surface area contributed by atoms with E-state index in [0.29, 0.717) is 27.4 Å². The molecule has 0 fully saturated rings. The van der Waals surface area contributed by atoms with Gasteiger partial charge in [0.05, 0.1) is 27.8 Å². The number of carbonyl (C=O) groups excluding carboxylic acids is 1. The van der Waals surface area contributed by atoms with Gasteiger partial charge in [-0.05, 0) is 43.3 Å². The van der Waals surface area contributed by atoms with E-state index >= 15 is 0 Å². The highest BCUT2D eigenvalue weighted by Crippen LogP contribution is 2.32. The third kappa shape index (κ3) is 3.97. The Bertz CT molecular complexity index is 2180. The zero-order valence-corrected chi connectivity index (χ0v) is 22.1. The number of hydrogen-bond donors (Lipinski definition) is 1. The molecule has 0 saturated carbocycles. The highest BCUT2D eigenvalue weighted by Gasteiger charge is 2.16. The number of nitrogens with one attached hydrogen (secondary N) is 1. The van der Waals surface area contributed by atoms with Crippen LogP contribution >= 0.6 is 11.6 Å². The van der Waals surface area contributed by atoms with Gasteiger partial charge in [-0.3, -0.25) is 9.59 Å². The number of carbonyl (C=O) groups is 1. The SMILES string of the molecule is Cc1nn(CC(=O)Nc2ccc3nc4c5ccccc5c(-c5ccc(Cl)cc5)nn4c3c2)c(=O)c2ccccc12. The lowest BCUT2D eigenvalue weighted by Crippen LogP contribution is -2.30. The van der Waals surface area contributed by atoms with Crippen molar-refractivity contribution in [1.29, 1.82) is 0 Å². The Morgan fingerprint density at radius 2 is 1.55 bits per heavy atom. The van der Waals surface area contributed by atoms with Crippen LogP contribution in [0.5, 0.6) is 0 Å². The molecule has 0 bridgehead atoms. The molecule has 0 aliphatic carbocycles. The Morgan fingerprint density at radius 1 is 0.850 bits per heavy atom. The minimum atomic E-state index is -0.363. The van der Waals surface area contributed by atoms with E-state index in [1.807, 2.05) is 79.7 Å². The maximum absolute atomic E-state index is 13.0. The van der Waals surface area contributed by atoms with E-state index in [1.54, 1.807) is 22.7 Å². The number of fused-ring (bicyclic) bond motifs is 6. The van der Waals surface area contributed by atoms with Gasteiger partial charge in [0, 0.05) is 32.4 Å². The monoisotopic (exact) mass is 544 g/mol. The van der Waals surface area contributed by atoms with Crippen LogP contribution in [0.15, 0.2) is 95.8 Å². The van der Waals surface area contributed by atoms with Crippen molar-refractivity contribution >= 4 is 61.4 Å². The van der Waals surface area contributed by atoms with Crippen LogP contribution in [0.4, 0.5) is 5.69 Å². The first kappa shape index (κ1) is 24.0. The molecule has 0 radical (unpaired) electrons. The molecule has 0 saturated heterocycles. The molecule has 0 aliphatic heterocycles. The number of nitrogens with zero attached hydrogens (tertiary/aromatic N) is 5. The van der Waals surface area contributed by atoms with Gasteiger partial charge in [-0.2, -0.15) is 10.2 Å². The van der Waals surface area contributed by atoms with Crippen LogP contribution in [0.1, 0.15) is 5.69 Å². The smallest absolute Gasteiger partial charge is 0.275 e. The third-order valence-electron chi connectivity index (χ3n) is 7.00. The fraction of sp³-hybridized carbons (Fsp3) is 0.0645. The van der Waals surface area contributed by atoms with Gasteiger partial charge in [-0.25, -0.2) is 14.2 Å². The summed E-state index contributed by atoms with van der Waals surface area (Å²) in [5.41, 5.74) is 4.87. The van der Waals surface area contributed by atoms with Gasteiger partial charge >= 0.3 is 0 Å². The van der Waals surface area contributed by atoms with Crippen molar-refractivity contribution in [3.63, 3.8) is 0 Å². The number of benzene rings is 4. The number of aryl methyl sites for hydroxylation is 1. The first-order valence-corrected chi connectivity index (χ1v) is 13.1. The molecule has 8 nitrogen and oxygen atoms in total. The lowest BCUT2D eigenvalue weighted by atomic mass is 10.1. The highest BCUT2D eigenvalue weighted by molar-refractivity contribution is 6.30. The van der Waals surface area contributed by atoms with Crippen LogP contribution in [0.2, 0.25) is 5.02 Å². The van der Waals surface area contributed by atoms with Gasteiger partial charge < -0.3 is 5.32 Å². The van der Waals surface area contributed by atoms with E-state index in [1.165, 1.54) is 4.68 Å². The summed E-state index contributed by atoms with van der Waals surface area (Å²) in [6.45, 7) is 1.61. The van der Waals surface area contributed by atoms with E-state index < -0.39 is 0 Å². The molecule has 7 aromatic rings. The fourth-order valence-corrected chi connectivity index (χ4v) is 5.25. The zero-order chi connectivity index (χ0) is 27.4. The van der Waals surface area contributed by atoms with Crippen LogP contribution in [-0.2, 0) is 11.3 Å². The summed E-state index contributed by atoms with van der Waals surface area (Å²) < 4.78 is 3.00. The van der Waals surface area contributed by atoms with Crippen LogP contribution in [0.3, 0.4) is 0 Å². The van der Waals surface area contributed by atoms with Crippen LogP contribution in [-0.4, -0.2) is 30.3 Å². The molecule has 0 unspecified atom stereocenters. The topological polar surface area (TPSA) is 94.2 Å². The average Bonchev–Trinajstić information content (AvgIpc) is 3.34. The number of anilines is 1. The number of aromatic nitrogens is 5. The summed E-state index contributed by atoms with van der Waals surface area (Å²) in [6.07, 6.45) is 0. The molecule has 3 heterocycles. The normalized spacial score (nSPS) is 11.6. The first-order valence-electron chi connectivity index (χ1n) is 12.7. The second-order valence-corrected chi connectivity index (χ2v) is 10.0. The summed E-state index contributed by atoms with van der Waals surface area (Å²) in [7, 11) is 0. The third-order valence-corrected chi connectivity index (χ3v) is 7.25. The minimum Gasteiger partial charge on any atom is -0.324 e. The van der Waals surface area contributed by atoms with Crippen molar-refractivity contribution in [3.05, 3.63) is 112 Å². The first-order chi connectivity index (χ1) is 19.5. The van der Waals surface area contributed by atoms with Gasteiger partial charge in [0.2, 0.25) is 5.91 Å². The van der Waals surface area contributed by atoms with Crippen molar-refractivity contribution in [2.45, 2.75) is 13.5 Å². The quantitative estimate of drug-likeness (QED) is 0.293. The second kappa shape index (κ2) is 9.29. The van der Waals surface area contributed by atoms with Crippen LogP contribution < -0.4 is 10.9 Å². The Morgan fingerprint density at radius 3 is 2.33 bits per heavy atom. The van der Waals surface area contributed by atoms with E-state index in [2.05, 4.69) is 10.4 Å². The number of halogens is 1. The lowest BCUT2D eigenvalue weighted by molar-refractivity contribution is -0.117. The molecule has 0 aliphatic rings. The molecule has 194 valence electrons.